The monoisotopic (exact) mass is 540 g/mol. The molecule has 38 heavy (non-hydrogen) atoms. The van der Waals surface area contributed by atoms with Crippen LogP contribution in [0.5, 0.6) is 0 Å². The van der Waals surface area contributed by atoms with Crippen molar-refractivity contribution in [2.24, 2.45) is 0 Å². The summed E-state index contributed by atoms with van der Waals surface area (Å²) in [6.45, 7) is 5.39. The Labute approximate surface area is 219 Å². The van der Waals surface area contributed by atoms with Gasteiger partial charge in [-0.05, 0) is 63.6 Å². The van der Waals surface area contributed by atoms with Gasteiger partial charge < -0.3 is 25.4 Å². The number of aliphatic carboxylic acids is 1. The van der Waals surface area contributed by atoms with Gasteiger partial charge in [0.25, 0.3) is 5.91 Å². The maximum Gasteiger partial charge on any atom is 0.433 e. The molecule has 0 saturated carbocycles. The van der Waals surface area contributed by atoms with Crippen molar-refractivity contribution in [1.82, 2.24) is 25.4 Å². The van der Waals surface area contributed by atoms with Crippen molar-refractivity contribution < 1.29 is 32.6 Å². The van der Waals surface area contributed by atoms with Crippen molar-refractivity contribution >= 4 is 17.7 Å². The first-order valence-corrected chi connectivity index (χ1v) is 12.9. The third kappa shape index (κ3) is 8.69. The van der Waals surface area contributed by atoms with Gasteiger partial charge in [0.2, 0.25) is 0 Å². The van der Waals surface area contributed by atoms with Gasteiger partial charge in [0.05, 0.1) is 18.4 Å². The van der Waals surface area contributed by atoms with Gasteiger partial charge in [0.1, 0.15) is 11.9 Å². The Morgan fingerprint density at radius 2 is 2.05 bits per heavy atom. The summed E-state index contributed by atoms with van der Waals surface area (Å²) in [6.07, 6.45) is 0.619. The average Bonchev–Trinajstić information content (AvgIpc) is 3.39. The number of alkyl halides is 3. The van der Waals surface area contributed by atoms with Crippen LogP contribution in [0.3, 0.4) is 0 Å². The van der Waals surface area contributed by atoms with E-state index >= 15 is 0 Å². The second-order valence-corrected chi connectivity index (χ2v) is 9.15. The molecule has 0 bridgehead atoms. The van der Waals surface area contributed by atoms with E-state index in [2.05, 4.69) is 27.9 Å². The number of H-pyrrole nitrogens is 1. The van der Waals surface area contributed by atoms with E-state index in [4.69, 9.17) is 9.72 Å². The van der Waals surface area contributed by atoms with E-state index in [1.165, 1.54) is 5.56 Å². The molecule has 4 N–H and O–H groups in total. The molecule has 13 heteroatoms. The molecule has 3 rings (SSSR count). The van der Waals surface area contributed by atoms with Crippen LogP contribution in [0.4, 0.5) is 19.0 Å². The minimum atomic E-state index is -4.82. The topological polar surface area (TPSA) is 132 Å². The molecule has 10 nitrogen and oxygen atoms in total. The van der Waals surface area contributed by atoms with Crippen LogP contribution in [0.2, 0.25) is 0 Å². The van der Waals surface area contributed by atoms with E-state index in [0.29, 0.717) is 32.8 Å². The molecule has 0 radical (unpaired) electrons. The quantitative estimate of drug-likeness (QED) is 0.254. The van der Waals surface area contributed by atoms with Crippen LogP contribution in [0.1, 0.15) is 59.9 Å². The van der Waals surface area contributed by atoms with Crippen molar-refractivity contribution in [3.8, 4) is 0 Å². The molecule has 0 aliphatic carbocycles. The molecule has 0 aromatic carbocycles. The van der Waals surface area contributed by atoms with E-state index in [1.807, 2.05) is 11.8 Å². The Morgan fingerprint density at radius 3 is 2.79 bits per heavy atom. The maximum absolute atomic E-state index is 13.1. The molecule has 2 aromatic rings. The van der Waals surface area contributed by atoms with Crippen LogP contribution in [-0.2, 0) is 28.5 Å². The van der Waals surface area contributed by atoms with Gasteiger partial charge in [0.15, 0.2) is 5.69 Å². The first kappa shape index (κ1) is 29.4. The number of hydrogen-bond donors (Lipinski definition) is 4. The van der Waals surface area contributed by atoms with E-state index < -0.39 is 35.4 Å². The average molecular weight is 541 g/mol. The number of aryl methyl sites for hydroxylation is 2. The van der Waals surface area contributed by atoms with Crippen LogP contribution in [0, 0.1) is 0 Å². The van der Waals surface area contributed by atoms with Crippen molar-refractivity contribution in [3.05, 3.63) is 40.8 Å². The number of aromatic amines is 1. The minimum Gasteiger partial charge on any atom is -0.480 e. The normalized spacial score (nSPS) is 14.1. The largest absolute Gasteiger partial charge is 0.480 e. The highest BCUT2D eigenvalue weighted by Gasteiger charge is 2.38. The fraction of sp³-hybridized carbons (Fsp3) is 0.600. The number of pyridine rings is 1. The summed E-state index contributed by atoms with van der Waals surface area (Å²) in [5.74, 6) is -1.51. The van der Waals surface area contributed by atoms with Gasteiger partial charge in [-0.3, -0.25) is 9.89 Å². The third-order valence-electron chi connectivity index (χ3n) is 6.37. The number of carboxylic acid groups (broad SMARTS) is 1. The van der Waals surface area contributed by atoms with Crippen molar-refractivity contribution in [1.29, 1.82) is 0 Å². The van der Waals surface area contributed by atoms with Crippen LogP contribution in [0.15, 0.2) is 18.3 Å². The third-order valence-corrected chi connectivity index (χ3v) is 6.37. The molecule has 1 aliphatic heterocycles. The van der Waals surface area contributed by atoms with Crippen molar-refractivity contribution in [3.63, 3.8) is 0 Å². The number of nitrogens with zero attached hydrogens (tertiary/aromatic N) is 3. The second kappa shape index (κ2) is 14.1. The maximum atomic E-state index is 13.1. The molecule has 3 heterocycles. The lowest BCUT2D eigenvalue weighted by Crippen LogP contribution is -2.44. The Bertz CT molecular complexity index is 1060. The molecular formula is C25H35F3N6O4. The molecule has 0 fully saturated rings. The molecule has 1 amide bonds. The zero-order valence-corrected chi connectivity index (χ0v) is 21.4. The van der Waals surface area contributed by atoms with E-state index in [1.54, 1.807) is 5.10 Å². The van der Waals surface area contributed by atoms with Crippen molar-refractivity contribution in [2.45, 2.75) is 57.7 Å². The zero-order valence-electron chi connectivity index (χ0n) is 21.4. The lowest BCUT2D eigenvalue weighted by Gasteiger charge is -2.24. The van der Waals surface area contributed by atoms with Gasteiger partial charge in [-0.15, -0.1) is 0 Å². The number of ether oxygens (including phenoxy) is 1. The predicted octanol–water partition coefficient (Wildman–Crippen LogP) is 3.12. The van der Waals surface area contributed by atoms with E-state index in [-0.39, 0.29) is 6.42 Å². The lowest BCUT2D eigenvalue weighted by molar-refractivity contribution is -0.141. The fourth-order valence-electron chi connectivity index (χ4n) is 4.30. The molecule has 210 valence electrons. The van der Waals surface area contributed by atoms with Gasteiger partial charge >= 0.3 is 12.1 Å². The number of carboxylic acids is 1. The number of carbonyl (C=O) groups excluding carboxylic acids is 1. The highest BCUT2D eigenvalue weighted by molar-refractivity contribution is 5.97. The van der Waals surface area contributed by atoms with Crippen LogP contribution in [-0.4, -0.2) is 82.5 Å². The molecular weight excluding hydrogens is 505 g/mol. The summed E-state index contributed by atoms with van der Waals surface area (Å²) in [7, 11) is 0. The van der Waals surface area contributed by atoms with Gasteiger partial charge in [0, 0.05) is 31.9 Å². The number of nitrogens with one attached hydrogen (secondary N) is 3. The van der Waals surface area contributed by atoms with Crippen molar-refractivity contribution in [2.75, 3.05) is 44.7 Å². The Hall–Kier alpha value is -3.19. The smallest absolute Gasteiger partial charge is 0.433 e. The number of fused-ring (bicyclic) bond motifs is 1. The summed E-state index contributed by atoms with van der Waals surface area (Å²) >= 11 is 0. The second-order valence-electron chi connectivity index (χ2n) is 9.15. The molecule has 1 atom stereocenters. The summed E-state index contributed by atoms with van der Waals surface area (Å²) in [5.41, 5.74) is 0.194. The number of amides is 1. The zero-order chi connectivity index (χ0) is 27.5. The predicted molar refractivity (Wildman–Crippen MR) is 134 cm³/mol. The summed E-state index contributed by atoms with van der Waals surface area (Å²) in [5, 5.41) is 20.1. The van der Waals surface area contributed by atoms with Crippen LogP contribution >= 0.6 is 0 Å². The standard InChI is InChI=1S/C25H35F3N6O4/c1-2-38-15-14-34(12-4-3-7-18-9-8-17-6-5-11-29-22(17)31-18)13-10-20(24(36)37)32-23(35)19-16-30-33-21(19)25(26,27)28/h8-9,16,20H,2-7,10-15H2,1H3,(H,29,31)(H,30,33)(H,32,35)(H,36,37). The lowest BCUT2D eigenvalue weighted by atomic mass is 10.1. The molecule has 0 spiro atoms. The Kier molecular flexibility index (Phi) is 10.9. The summed E-state index contributed by atoms with van der Waals surface area (Å²) in [4.78, 5) is 30.9. The number of aromatic nitrogens is 3. The number of rotatable bonds is 15. The van der Waals surface area contributed by atoms with Gasteiger partial charge in [-0.25, -0.2) is 9.78 Å². The molecule has 1 aliphatic rings. The number of carbonyl (C=O) groups is 2. The van der Waals surface area contributed by atoms with E-state index in [9.17, 15) is 27.9 Å². The number of halogens is 3. The highest BCUT2D eigenvalue weighted by atomic mass is 19.4. The summed E-state index contributed by atoms with van der Waals surface area (Å²) in [6, 6.07) is 2.82. The molecule has 1 unspecified atom stereocenters. The van der Waals surface area contributed by atoms with Crippen LogP contribution in [0.25, 0.3) is 0 Å². The first-order valence-electron chi connectivity index (χ1n) is 12.9. The molecule has 0 saturated heterocycles. The minimum absolute atomic E-state index is 0.0183. The Balaban J connectivity index is 1.52. The first-order chi connectivity index (χ1) is 18.2. The number of unbranched alkanes of at least 4 members (excludes halogenated alkanes) is 1. The van der Waals surface area contributed by atoms with Crippen LogP contribution < -0.4 is 10.6 Å². The fourth-order valence-corrected chi connectivity index (χ4v) is 4.30. The number of hydrogen-bond acceptors (Lipinski definition) is 7. The van der Waals surface area contributed by atoms with Gasteiger partial charge in [-0.1, -0.05) is 6.07 Å². The number of anilines is 1. The summed E-state index contributed by atoms with van der Waals surface area (Å²) < 4.78 is 44.7. The Morgan fingerprint density at radius 1 is 1.24 bits per heavy atom. The van der Waals surface area contributed by atoms with E-state index in [0.717, 1.165) is 56.4 Å². The van der Waals surface area contributed by atoms with Gasteiger partial charge in [-0.2, -0.15) is 18.3 Å². The highest BCUT2D eigenvalue weighted by Crippen LogP contribution is 2.30. The SMILES string of the molecule is CCOCCN(CCCCc1ccc2c(n1)NCCC2)CCC(NC(=O)c1cn[nH]c1C(F)(F)F)C(=O)O. The molecule has 2 aromatic heterocycles.